The maximum atomic E-state index is 12.5. The highest BCUT2D eigenvalue weighted by Crippen LogP contribution is 2.21. The van der Waals surface area contributed by atoms with Crippen LogP contribution in [0.1, 0.15) is 36.7 Å². The second-order valence-corrected chi connectivity index (χ2v) is 9.58. The van der Waals surface area contributed by atoms with E-state index in [1.807, 2.05) is 70.2 Å². The average Bonchev–Trinajstić information content (AvgIpc) is 2.70. The number of hydrogen-bond acceptors (Lipinski definition) is 4. The standard InChI is InChI=1S/C23H28IN3O3/c1-16-5-8-18(15-20(16)24)25-21(28)17-6-9-19(10-7-17)26-11-13-27(14-12-26)22(29)30-23(2,3)4/h5-10,15H,11-14H2,1-4H3,(H,25,28). The van der Waals surface area contributed by atoms with Crippen molar-refractivity contribution < 1.29 is 14.3 Å². The number of halogens is 1. The van der Waals surface area contributed by atoms with Gasteiger partial charge in [-0.05, 0) is 92.2 Å². The number of anilines is 2. The first kappa shape index (κ1) is 22.4. The van der Waals surface area contributed by atoms with Gasteiger partial charge < -0.3 is 19.9 Å². The molecule has 2 amide bonds. The van der Waals surface area contributed by atoms with E-state index in [0.29, 0.717) is 18.7 Å². The van der Waals surface area contributed by atoms with E-state index >= 15 is 0 Å². The summed E-state index contributed by atoms with van der Waals surface area (Å²) in [6, 6.07) is 13.5. The summed E-state index contributed by atoms with van der Waals surface area (Å²) in [4.78, 5) is 28.7. The monoisotopic (exact) mass is 521 g/mol. The van der Waals surface area contributed by atoms with Crippen LogP contribution in [-0.4, -0.2) is 48.7 Å². The minimum Gasteiger partial charge on any atom is -0.444 e. The number of nitrogens with zero attached hydrogens (tertiary/aromatic N) is 2. The van der Waals surface area contributed by atoms with Gasteiger partial charge in [-0.15, -0.1) is 0 Å². The summed E-state index contributed by atoms with van der Waals surface area (Å²) in [5, 5.41) is 2.95. The van der Waals surface area contributed by atoms with E-state index < -0.39 is 5.60 Å². The molecule has 0 bridgehead atoms. The second kappa shape index (κ2) is 9.24. The molecule has 1 heterocycles. The number of aryl methyl sites for hydroxylation is 1. The van der Waals surface area contributed by atoms with Gasteiger partial charge >= 0.3 is 6.09 Å². The number of ether oxygens (including phenoxy) is 1. The molecular weight excluding hydrogens is 493 g/mol. The molecule has 0 saturated carbocycles. The van der Waals surface area contributed by atoms with Crippen LogP contribution in [0.3, 0.4) is 0 Å². The lowest BCUT2D eigenvalue weighted by atomic mass is 10.1. The number of hydrogen-bond donors (Lipinski definition) is 1. The van der Waals surface area contributed by atoms with Gasteiger partial charge in [-0.2, -0.15) is 0 Å². The molecule has 1 N–H and O–H groups in total. The van der Waals surface area contributed by atoms with Crippen molar-refractivity contribution in [1.82, 2.24) is 4.90 Å². The Balaban J connectivity index is 1.56. The molecule has 30 heavy (non-hydrogen) atoms. The molecule has 0 aromatic heterocycles. The van der Waals surface area contributed by atoms with Crippen molar-refractivity contribution in [1.29, 1.82) is 0 Å². The van der Waals surface area contributed by atoms with Gasteiger partial charge in [-0.25, -0.2) is 4.79 Å². The minimum atomic E-state index is -0.485. The van der Waals surface area contributed by atoms with E-state index in [0.717, 1.165) is 28.0 Å². The summed E-state index contributed by atoms with van der Waals surface area (Å²) in [6.07, 6.45) is -0.264. The highest BCUT2D eigenvalue weighted by molar-refractivity contribution is 14.1. The number of rotatable bonds is 3. The van der Waals surface area contributed by atoms with Gasteiger partial charge in [0.05, 0.1) is 0 Å². The Labute approximate surface area is 191 Å². The first-order chi connectivity index (χ1) is 14.1. The predicted octanol–water partition coefficient (Wildman–Crippen LogP) is 4.91. The molecule has 2 aromatic rings. The summed E-state index contributed by atoms with van der Waals surface area (Å²) in [5.74, 6) is -0.129. The first-order valence-electron chi connectivity index (χ1n) is 10.0. The van der Waals surface area contributed by atoms with E-state index in [-0.39, 0.29) is 12.0 Å². The Kier molecular flexibility index (Phi) is 6.90. The molecule has 7 heteroatoms. The molecule has 0 unspecified atom stereocenters. The molecule has 0 atom stereocenters. The molecule has 1 fully saturated rings. The normalized spacial score (nSPS) is 14.4. The Morgan fingerprint density at radius 1 is 1.00 bits per heavy atom. The number of carbonyl (C=O) groups excluding carboxylic acids is 2. The maximum absolute atomic E-state index is 12.5. The predicted molar refractivity (Wildman–Crippen MR) is 128 cm³/mol. The van der Waals surface area contributed by atoms with E-state index in [1.54, 1.807) is 4.90 Å². The van der Waals surface area contributed by atoms with Crippen molar-refractivity contribution in [3.8, 4) is 0 Å². The van der Waals surface area contributed by atoms with Crippen molar-refractivity contribution in [3.05, 3.63) is 57.2 Å². The van der Waals surface area contributed by atoms with Gasteiger partial charge in [0.1, 0.15) is 5.60 Å². The number of carbonyl (C=O) groups is 2. The van der Waals surface area contributed by atoms with Crippen molar-refractivity contribution in [2.45, 2.75) is 33.3 Å². The molecule has 0 radical (unpaired) electrons. The highest BCUT2D eigenvalue weighted by Gasteiger charge is 2.26. The third kappa shape index (κ3) is 5.87. The lowest BCUT2D eigenvalue weighted by Crippen LogP contribution is -2.50. The molecule has 6 nitrogen and oxygen atoms in total. The zero-order valence-corrected chi connectivity index (χ0v) is 20.0. The van der Waals surface area contributed by atoms with Crippen LogP contribution < -0.4 is 10.2 Å². The van der Waals surface area contributed by atoms with E-state index in [4.69, 9.17) is 4.74 Å². The number of benzene rings is 2. The zero-order chi connectivity index (χ0) is 21.9. The van der Waals surface area contributed by atoms with E-state index in [1.165, 1.54) is 5.56 Å². The highest BCUT2D eigenvalue weighted by atomic mass is 127. The lowest BCUT2D eigenvalue weighted by Gasteiger charge is -2.36. The van der Waals surface area contributed by atoms with Crippen LogP contribution in [0.5, 0.6) is 0 Å². The van der Waals surface area contributed by atoms with Crippen LogP contribution in [-0.2, 0) is 4.74 Å². The van der Waals surface area contributed by atoms with Crippen molar-refractivity contribution in [2.24, 2.45) is 0 Å². The fraction of sp³-hybridized carbons (Fsp3) is 0.391. The quantitative estimate of drug-likeness (QED) is 0.584. The van der Waals surface area contributed by atoms with Crippen LogP contribution in [0.2, 0.25) is 0 Å². The molecule has 1 aliphatic heterocycles. The topological polar surface area (TPSA) is 61.9 Å². The smallest absolute Gasteiger partial charge is 0.410 e. The largest absolute Gasteiger partial charge is 0.444 e. The summed E-state index contributed by atoms with van der Waals surface area (Å²) in [6.45, 7) is 10.3. The Morgan fingerprint density at radius 2 is 1.63 bits per heavy atom. The van der Waals surface area contributed by atoms with Crippen LogP contribution in [0.4, 0.5) is 16.2 Å². The molecule has 160 valence electrons. The molecular formula is C23H28IN3O3. The van der Waals surface area contributed by atoms with Gasteiger partial charge in [-0.3, -0.25) is 4.79 Å². The third-order valence-electron chi connectivity index (χ3n) is 4.86. The van der Waals surface area contributed by atoms with Crippen molar-refractivity contribution in [2.75, 3.05) is 36.4 Å². The Hall–Kier alpha value is -2.29. The Morgan fingerprint density at radius 3 is 2.20 bits per heavy atom. The molecule has 1 saturated heterocycles. The van der Waals surface area contributed by atoms with E-state index in [9.17, 15) is 9.59 Å². The SMILES string of the molecule is Cc1ccc(NC(=O)c2ccc(N3CCN(C(=O)OC(C)(C)C)CC3)cc2)cc1I. The summed E-state index contributed by atoms with van der Waals surface area (Å²) >= 11 is 2.26. The molecule has 3 rings (SSSR count). The Bertz CT molecular complexity index is 914. The fourth-order valence-electron chi connectivity index (χ4n) is 3.17. The van der Waals surface area contributed by atoms with Gasteiger partial charge in [0.25, 0.3) is 5.91 Å². The number of nitrogens with one attached hydrogen (secondary N) is 1. The van der Waals surface area contributed by atoms with Crippen molar-refractivity contribution >= 4 is 46.0 Å². The third-order valence-corrected chi connectivity index (χ3v) is 6.02. The van der Waals surface area contributed by atoms with Crippen LogP contribution in [0.15, 0.2) is 42.5 Å². The molecule has 1 aliphatic rings. The average molecular weight is 521 g/mol. The van der Waals surface area contributed by atoms with Gasteiger partial charge in [-0.1, -0.05) is 6.07 Å². The molecule has 0 aliphatic carbocycles. The lowest BCUT2D eigenvalue weighted by molar-refractivity contribution is 0.0240. The number of amides is 2. The molecule has 2 aromatic carbocycles. The minimum absolute atomic E-state index is 0.129. The van der Waals surface area contributed by atoms with Gasteiger partial charge in [0.2, 0.25) is 0 Å². The number of piperazine rings is 1. The summed E-state index contributed by atoms with van der Waals surface area (Å²) in [7, 11) is 0. The van der Waals surface area contributed by atoms with Crippen molar-refractivity contribution in [3.63, 3.8) is 0 Å². The summed E-state index contributed by atoms with van der Waals surface area (Å²) < 4.78 is 6.56. The fourth-order valence-corrected chi connectivity index (χ4v) is 3.69. The zero-order valence-electron chi connectivity index (χ0n) is 17.9. The van der Waals surface area contributed by atoms with Gasteiger partial charge in [0.15, 0.2) is 0 Å². The maximum Gasteiger partial charge on any atom is 0.410 e. The van der Waals surface area contributed by atoms with Crippen LogP contribution in [0.25, 0.3) is 0 Å². The van der Waals surface area contributed by atoms with Gasteiger partial charge in [0, 0.05) is 46.7 Å². The van der Waals surface area contributed by atoms with Crippen LogP contribution >= 0.6 is 22.6 Å². The molecule has 0 spiro atoms. The summed E-state index contributed by atoms with van der Waals surface area (Å²) in [5.41, 5.74) is 3.14. The van der Waals surface area contributed by atoms with E-state index in [2.05, 4.69) is 32.8 Å². The first-order valence-corrected chi connectivity index (χ1v) is 11.1. The second-order valence-electron chi connectivity index (χ2n) is 8.42. The van der Waals surface area contributed by atoms with Crippen LogP contribution in [0, 0.1) is 10.5 Å².